The molecule has 118 valence electrons. The highest BCUT2D eigenvalue weighted by atomic mass is 16.4. The highest BCUT2D eigenvalue weighted by molar-refractivity contribution is 5.98. The molecule has 0 spiro atoms. The molecule has 5 N–H and O–H groups in total. The highest BCUT2D eigenvalue weighted by Gasteiger charge is 2.39. The van der Waals surface area contributed by atoms with Crippen LogP contribution in [-0.4, -0.2) is 50.8 Å². The lowest BCUT2D eigenvalue weighted by Gasteiger charge is -2.18. The fraction of sp³-hybridized carbons (Fsp3) is 0.231. The van der Waals surface area contributed by atoms with Gasteiger partial charge in [-0.1, -0.05) is 12.1 Å². The summed E-state index contributed by atoms with van der Waals surface area (Å²) in [7, 11) is 0. The van der Waals surface area contributed by atoms with E-state index in [1.165, 1.54) is 24.3 Å². The van der Waals surface area contributed by atoms with E-state index in [1.807, 2.05) is 0 Å². The quantitative estimate of drug-likeness (QED) is 0.424. The molecule has 0 amide bonds. The summed E-state index contributed by atoms with van der Waals surface area (Å²) in [6.07, 6.45) is 0. The molecule has 0 fully saturated rings. The smallest absolute Gasteiger partial charge is 0.337 e. The molecule has 0 radical (unpaired) electrons. The van der Waals surface area contributed by atoms with Crippen molar-refractivity contribution in [1.82, 2.24) is 0 Å². The molecule has 22 heavy (non-hydrogen) atoms. The minimum Gasteiger partial charge on any atom is -0.481 e. The molecule has 1 rings (SSSR count). The number of benzene rings is 1. The van der Waals surface area contributed by atoms with Crippen LogP contribution >= 0.6 is 0 Å². The minimum absolute atomic E-state index is 0.0655. The summed E-state index contributed by atoms with van der Waals surface area (Å²) >= 11 is 0. The fourth-order valence-electron chi connectivity index (χ4n) is 1.84. The van der Waals surface area contributed by atoms with E-state index in [0.29, 0.717) is 0 Å². The van der Waals surface area contributed by atoms with Gasteiger partial charge in [0, 0.05) is 12.2 Å². The monoisotopic (exact) mass is 311 g/mol. The summed E-state index contributed by atoms with van der Waals surface area (Å²) in [5.74, 6) is -10.4. The van der Waals surface area contributed by atoms with Crippen molar-refractivity contribution in [2.24, 2.45) is 11.8 Å². The van der Waals surface area contributed by atoms with Gasteiger partial charge in [-0.25, -0.2) is 4.79 Å². The molecule has 1 aromatic rings. The van der Waals surface area contributed by atoms with Crippen molar-refractivity contribution in [2.45, 2.75) is 0 Å². The first kappa shape index (κ1) is 17.0. The molecule has 0 saturated carbocycles. The molecule has 0 saturated heterocycles. The molecule has 9 nitrogen and oxygen atoms in total. The predicted octanol–water partition coefficient (Wildman–Crippen LogP) is 0.283. The van der Waals surface area contributed by atoms with E-state index in [2.05, 4.69) is 5.32 Å². The lowest BCUT2D eigenvalue weighted by molar-refractivity contribution is -0.163. The van der Waals surface area contributed by atoms with Crippen molar-refractivity contribution in [3.63, 3.8) is 0 Å². The first-order valence-corrected chi connectivity index (χ1v) is 6.00. The van der Waals surface area contributed by atoms with Gasteiger partial charge in [0.15, 0.2) is 5.92 Å². The van der Waals surface area contributed by atoms with Crippen LogP contribution < -0.4 is 5.32 Å². The number of aliphatic carboxylic acids is 3. The molecule has 1 unspecified atom stereocenters. The molecule has 0 bridgehead atoms. The van der Waals surface area contributed by atoms with Crippen molar-refractivity contribution in [3.05, 3.63) is 29.8 Å². The lowest BCUT2D eigenvalue weighted by atomic mass is 9.92. The summed E-state index contributed by atoms with van der Waals surface area (Å²) in [6, 6.07) is 5.59. The summed E-state index contributed by atoms with van der Waals surface area (Å²) < 4.78 is 0. The van der Waals surface area contributed by atoms with Gasteiger partial charge in [0.25, 0.3) is 0 Å². The Kier molecular flexibility index (Phi) is 5.44. The second-order valence-corrected chi connectivity index (χ2v) is 4.33. The maximum atomic E-state index is 11.1. The second kappa shape index (κ2) is 7.07. The number of aromatic carboxylic acids is 1. The summed E-state index contributed by atoms with van der Waals surface area (Å²) in [5, 5.41) is 38.1. The van der Waals surface area contributed by atoms with Crippen LogP contribution in [0, 0.1) is 11.8 Å². The lowest BCUT2D eigenvalue weighted by Crippen LogP contribution is -2.39. The van der Waals surface area contributed by atoms with Crippen molar-refractivity contribution >= 4 is 29.6 Å². The van der Waals surface area contributed by atoms with Crippen LogP contribution in [0.25, 0.3) is 0 Å². The van der Waals surface area contributed by atoms with Gasteiger partial charge in [0.05, 0.1) is 11.5 Å². The zero-order chi connectivity index (χ0) is 16.9. The second-order valence-electron chi connectivity index (χ2n) is 4.33. The Bertz CT molecular complexity index is 598. The van der Waals surface area contributed by atoms with Gasteiger partial charge in [0.2, 0.25) is 0 Å². The fourth-order valence-corrected chi connectivity index (χ4v) is 1.84. The molecule has 0 aliphatic rings. The number of carbonyl (C=O) groups is 4. The van der Waals surface area contributed by atoms with Crippen LogP contribution in [0.2, 0.25) is 0 Å². The van der Waals surface area contributed by atoms with E-state index in [9.17, 15) is 19.2 Å². The van der Waals surface area contributed by atoms with Crippen molar-refractivity contribution in [3.8, 4) is 0 Å². The molecular weight excluding hydrogens is 298 g/mol. The average Bonchev–Trinajstić information content (AvgIpc) is 2.42. The minimum atomic E-state index is -2.15. The molecule has 0 aromatic heterocycles. The van der Waals surface area contributed by atoms with E-state index in [-0.39, 0.29) is 11.3 Å². The van der Waals surface area contributed by atoms with Gasteiger partial charge in [0.1, 0.15) is 0 Å². The van der Waals surface area contributed by atoms with Gasteiger partial charge in [-0.15, -0.1) is 0 Å². The third-order valence-electron chi connectivity index (χ3n) is 2.92. The van der Waals surface area contributed by atoms with E-state index < -0.39 is 42.3 Å². The summed E-state index contributed by atoms with van der Waals surface area (Å²) in [6.45, 7) is -0.553. The summed E-state index contributed by atoms with van der Waals surface area (Å²) in [4.78, 5) is 43.9. The Morgan fingerprint density at radius 3 is 1.91 bits per heavy atom. The molecule has 0 heterocycles. The van der Waals surface area contributed by atoms with E-state index in [4.69, 9.17) is 20.4 Å². The normalized spacial score (nSPS) is 11.7. The zero-order valence-corrected chi connectivity index (χ0v) is 11.1. The van der Waals surface area contributed by atoms with Crippen LogP contribution in [0.3, 0.4) is 0 Å². The van der Waals surface area contributed by atoms with Crippen molar-refractivity contribution in [1.29, 1.82) is 0 Å². The average molecular weight is 311 g/mol. The predicted molar refractivity (Wildman–Crippen MR) is 71.8 cm³/mol. The third kappa shape index (κ3) is 3.95. The number of para-hydroxylation sites is 1. The number of carboxylic acid groups (broad SMARTS) is 4. The largest absolute Gasteiger partial charge is 0.481 e. The Morgan fingerprint density at radius 1 is 0.909 bits per heavy atom. The van der Waals surface area contributed by atoms with Crippen LogP contribution in [0.15, 0.2) is 24.3 Å². The molecule has 0 aliphatic carbocycles. The van der Waals surface area contributed by atoms with Crippen LogP contribution in [0.1, 0.15) is 10.4 Å². The number of anilines is 1. The van der Waals surface area contributed by atoms with Gasteiger partial charge in [-0.2, -0.15) is 0 Å². The van der Waals surface area contributed by atoms with Gasteiger partial charge >= 0.3 is 23.9 Å². The van der Waals surface area contributed by atoms with Crippen LogP contribution in [0.5, 0.6) is 0 Å². The summed E-state index contributed by atoms with van der Waals surface area (Å²) in [5.41, 5.74) is -0.0791. The van der Waals surface area contributed by atoms with Gasteiger partial charge in [-0.05, 0) is 12.1 Å². The Balaban J connectivity index is 2.99. The van der Waals surface area contributed by atoms with Gasteiger partial charge < -0.3 is 25.7 Å². The number of carboxylic acids is 4. The Morgan fingerprint density at radius 2 is 1.45 bits per heavy atom. The number of rotatable bonds is 8. The maximum Gasteiger partial charge on any atom is 0.337 e. The van der Waals surface area contributed by atoms with Crippen LogP contribution in [0.4, 0.5) is 5.69 Å². The SMILES string of the molecule is O=C(O)c1ccccc1NCC(C(=O)O)C(C(=O)O)C(=O)O. The molecule has 0 aliphatic heterocycles. The van der Waals surface area contributed by atoms with Crippen molar-refractivity contribution < 1.29 is 39.6 Å². The molecular formula is C13H13NO8. The Hall–Kier alpha value is -3.10. The third-order valence-corrected chi connectivity index (χ3v) is 2.92. The molecule has 1 aromatic carbocycles. The molecule has 1 atom stereocenters. The standard InChI is InChI=1S/C13H13NO8/c15-10(16)6-3-1-2-4-8(6)14-5-7(11(17)18)9(12(19)20)13(21)22/h1-4,7,9,14H,5H2,(H,15,16)(H,17,18)(H,19,20)(H,21,22). The number of nitrogens with one attached hydrogen (secondary N) is 1. The maximum absolute atomic E-state index is 11.1. The van der Waals surface area contributed by atoms with Crippen LogP contribution in [-0.2, 0) is 14.4 Å². The zero-order valence-electron chi connectivity index (χ0n) is 11.1. The topological polar surface area (TPSA) is 161 Å². The first-order valence-electron chi connectivity index (χ1n) is 6.00. The molecule has 9 heteroatoms. The van der Waals surface area contributed by atoms with E-state index in [1.54, 1.807) is 0 Å². The highest BCUT2D eigenvalue weighted by Crippen LogP contribution is 2.19. The van der Waals surface area contributed by atoms with E-state index in [0.717, 1.165) is 0 Å². The Labute approximate surface area is 123 Å². The van der Waals surface area contributed by atoms with Gasteiger partial charge in [-0.3, -0.25) is 14.4 Å². The number of hydrogen-bond donors (Lipinski definition) is 5. The first-order chi connectivity index (χ1) is 10.3. The number of hydrogen-bond acceptors (Lipinski definition) is 5. The van der Waals surface area contributed by atoms with E-state index >= 15 is 0 Å². The van der Waals surface area contributed by atoms with Crippen molar-refractivity contribution in [2.75, 3.05) is 11.9 Å².